The summed E-state index contributed by atoms with van der Waals surface area (Å²) in [6, 6.07) is 3.00. The van der Waals surface area contributed by atoms with E-state index in [0.717, 1.165) is 25.0 Å². The van der Waals surface area contributed by atoms with E-state index in [1.165, 1.54) is 6.07 Å². The van der Waals surface area contributed by atoms with Crippen LogP contribution in [0.25, 0.3) is 10.4 Å². The predicted molar refractivity (Wildman–Crippen MR) is 53.9 cm³/mol. The van der Waals surface area contributed by atoms with Gasteiger partial charge in [-0.3, -0.25) is 0 Å². The van der Waals surface area contributed by atoms with Gasteiger partial charge in [0.1, 0.15) is 5.75 Å². The lowest BCUT2D eigenvalue weighted by Gasteiger charge is -2.11. The first-order valence-electron chi connectivity index (χ1n) is 4.93. The maximum absolute atomic E-state index is 12.6. The normalized spacial score (nSPS) is 15.2. The second kappa shape index (κ2) is 4.18. The quantitative estimate of drug-likeness (QED) is 0.446. The zero-order valence-corrected chi connectivity index (χ0v) is 8.61. The lowest BCUT2D eigenvalue weighted by atomic mass is 10.2. The van der Waals surface area contributed by atoms with Crippen molar-refractivity contribution in [1.82, 2.24) is 0 Å². The molecule has 1 aliphatic rings. The first-order chi connectivity index (χ1) is 7.99. The van der Waals surface area contributed by atoms with Gasteiger partial charge in [-0.25, -0.2) is 0 Å². The van der Waals surface area contributed by atoms with Gasteiger partial charge in [-0.1, -0.05) is 5.11 Å². The van der Waals surface area contributed by atoms with Crippen molar-refractivity contribution in [1.29, 1.82) is 0 Å². The Morgan fingerprint density at radius 2 is 2.00 bits per heavy atom. The molecule has 0 atom stereocenters. The van der Waals surface area contributed by atoms with Crippen LogP contribution in [0, 0.1) is 0 Å². The molecule has 0 amide bonds. The summed E-state index contributed by atoms with van der Waals surface area (Å²) in [4.78, 5) is 2.47. The minimum absolute atomic E-state index is 0.0163. The third kappa shape index (κ3) is 3.04. The van der Waals surface area contributed by atoms with E-state index >= 15 is 0 Å². The Bertz CT molecular complexity index is 476. The Morgan fingerprint density at radius 1 is 1.29 bits per heavy atom. The van der Waals surface area contributed by atoms with Crippen molar-refractivity contribution in [2.24, 2.45) is 5.11 Å². The second-order valence-corrected chi connectivity index (χ2v) is 3.72. The highest BCUT2D eigenvalue weighted by atomic mass is 19.4. The smallest absolute Gasteiger partial charge is 0.416 e. The van der Waals surface area contributed by atoms with Crippen molar-refractivity contribution in [2.75, 3.05) is 0 Å². The van der Waals surface area contributed by atoms with E-state index in [4.69, 9.17) is 10.3 Å². The number of nitrogens with zero attached hydrogens (tertiary/aromatic N) is 3. The summed E-state index contributed by atoms with van der Waals surface area (Å²) in [6.45, 7) is 0. The van der Waals surface area contributed by atoms with E-state index in [-0.39, 0.29) is 17.5 Å². The minimum Gasteiger partial charge on any atom is -0.490 e. The average molecular weight is 243 g/mol. The largest absolute Gasteiger partial charge is 0.490 e. The van der Waals surface area contributed by atoms with Gasteiger partial charge in [0.25, 0.3) is 0 Å². The molecule has 0 N–H and O–H groups in total. The molecule has 1 saturated carbocycles. The molecule has 0 heterocycles. The van der Waals surface area contributed by atoms with Crippen molar-refractivity contribution in [3.63, 3.8) is 0 Å². The maximum Gasteiger partial charge on any atom is 0.416 e. The molecule has 0 unspecified atom stereocenters. The zero-order valence-electron chi connectivity index (χ0n) is 8.61. The third-order valence-corrected chi connectivity index (χ3v) is 2.21. The Balaban J connectivity index is 2.37. The van der Waals surface area contributed by atoms with Crippen LogP contribution in [0.2, 0.25) is 0 Å². The molecule has 0 radical (unpaired) electrons. The highest BCUT2D eigenvalue weighted by Crippen LogP contribution is 2.36. The van der Waals surface area contributed by atoms with Crippen molar-refractivity contribution in [2.45, 2.75) is 25.1 Å². The van der Waals surface area contributed by atoms with E-state index in [0.29, 0.717) is 0 Å². The third-order valence-electron chi connectivity index (χ3n) is 2.21. The minimum atomic E-state index is -4.48. The first-order valence-corrected chi connectivity index (χ1v) is 4.93. The topological polar surface area (TPSA) is 58.0 Å². The van der Waals surface area contributed by atoms with Crippen LogP contribution < -0.4 is 4.74 Å². The Labute approximate surface area is 94.6 Å². The molecular weight excluding hydrogens is 235 g/mol. The highest BCUT2D eigenvalue weighted by molar-refractivity contribution is 5.48. The summed E-state index contributed by atoms with van der Waals surface area (Å²) in [5.74, 6) is 0.0877. The van der Waals surface area contributed by atoms with Crippen LogP contribution in [0.5, 0.6) is 5.75 Å². The van der Waals surface area contributed by atoms with Gasteiger partial charge in [-0.05, 0) is 36.6 Å². The van der Waals surface area contributed by atoms with E-state index < -0.39 is 11.7 Å². The first kappa shape index (κ1) is 11.6. The van der Waals surface area contributed by atoms with E-state index in [1.807, 2.05) is 0 Å². The van der Waals surface area contributed by atoms with Crippen molar-refractivity contribution >= 4 is 5.69 Å². The molecule has 17 heavy (non-hydrogen) atoms. The van der Waals surface area contributed by atoms with Crippen LogP contribution in [-0.2, 0) is 6.18 Å². The van der Waals surface area contributed by atoms with Crippen molar-refractivity contribution < 1.29 is 17.9 Å². The maximum atomic E-state index is 12.6. The zero-order chi connectivity index (χ0) is 12.5. The summed E-state index contributed by atoms with van der Waals surface area (Å²) < 4.78 is 42.9. The van der Waals surface area contributed by atoms with Crippen molar-refractivity contribution in [3.05, 3.63) is 34.2 Å². The van der Waals surface area contributed by atoms with E-state index in [9.17, 15) is 13.2 Å². The van der Waals surface area contributed by atoms with Gasteiger partial charge in [0, 0.05) is 10.6 Å². The molecular formula is C10H8F3N3O. The molecule has 0 spiro atoms. The second-order valence-electron chi connectivity index (χ2n) is 3.72. The Kier molecular flexibility index (Phi) is 2.85. The van der Waals surface area contributed by atoms with Gasteiger partial charge in [-0.2, -0.15) is 13.2 Å². The molecule has 0 saturated heterocycles. The molecule has 0 aromatic heterocycles. The molecule has 0 aliphatic heterocycles. The number of hydrogen-bond acceptors (Lipinski definition) is 2. The van der Waals surface area contributed by atoms with E-state index in [2.05, 4.69) is 10.0 Å². The highest BCUT2D eigenvalue weighted by Gasteiger charge is 2.32. The molecule has 1 aromatic carbocycles. The van der Waals surface area contributed by atoms with Crippen LogP contribution in [0.1, 0.15) is 18.4 Å². The lowest BCUT2D eigenvalue weighted by Crippen LogP contribution is -2.05. The van der Waals surface area contributed by atoms with Crippen LogP contribution in [0.15, 0.2) is 23.3 Å². The Hall–Kier alpha value is -1.88. The van der Waals surface area contributed by atoms with Crippen LogP contribution in [0.4, 0.5) is 18.9 Å². The number of benzene rings is 1. The van der Waals surface area contributed by atoms with Gasteiger partial charge >= 0.3 is 6.18 Å². The fraction of sp³-hybridized carbons (Fsp3) is 0.400. The fourth-order valence-corrected chi connectivity index (χ4v) is 1.30. The summed E-state index contributed by atoms with van der Waals surface area (Å²) in [6.07, 6.45) is -2.82. The summed E-state index contributed by atoms with van der Waals surface area (Å²) >= 11 is 0. The Morgan fingerprint density at radius 3 is 2.53 bits per heavy atom. The average Bonchev–Trinajstić information content (AvgIpc) is 3.00. The fourth-order valence-electron chi connectivity index (χ4n) is 1.30. The number of ether oxygens (including phenoxy) is 1. The number of rotatable bonds is 3. The monoisotopic (exact) mass is 243 g/mol. The van der Waals surface area contributed by atoms with Crippen LogP contribution in [0.3, 0.4) is 0 Å². The molecule has 1 aromatic rings. The lowest BCUT2D eigenvalue weighted by molar-refractivity contribution is -0.137. The number of alkyl halides is 3. The standard InChI is InChI=1S/C10H8F3N3O/c11-10(12,13)6-3-7(15-16-14)5-9(4-6)17-8-1-2-8/h3-5,8H,1-2H2. The molecule has 1 aliphatic carbocycles. The number of halogens is 3. The summed E-state index contributed by atoms with van der Waals surface area (Å²) in [7, 11) is 0. The van der Waals surface area contributed by atoms with Gasteiger partial charge in [0.2, 0.25) is 0 Å². The molecule has 90 valence electrons. The summed E-state index contributed by atoms with van der Waals surface area (Å²) in [5.41, 5.74) is 7.26. The molecule has 7 heteroatoms. The van der Waals surface area contributed by atoms with Crippen LogP contribution >= 0.6 is 0 Å². The van der Waals surface area contributed by atoms with Crippen molar-refractivity contribution in [3.8, 4) is 5.75 Å². The SMILES string of the molecule is [N-]=[N+]=Nc1cc(OC2CC2)cc(C(F)(F)F)c1. The summed E-state index contributed by atoms with van der Waals surface area (Å²) in [5, 5.41) is 3.17. The molecule has 1 fully saturated rings. The van der Waals surface area contributed by atoms with Gasteiger partial charge < -0.3 is 4.74 Å². The number of hydrogen-bond donors (Lipinski definition) is 0. The predicted octanol–water partition coefficient (Wildman–Crippen LogP) is 4.19. The van der Waals surface area contributed by atoms with Gasteiger partial charge in [0.05, 0.1) is 11.7 Å². The molecule has 2 rings (SSSR count). The van der Waals surface area contributed by atoms with Gasteiger partial charge in [0.15, 0.2) is 0 Å². The molecule has 4 nitrogen and oxygen atoms in total. The molecule has 0 bridgehead atoms. The van der Waals surface area contributed by atoms with Crippen LogP contribution in [-0.4, -0.2) is 6.10 Å². The van der Waals surface area contributed by atoms with Gasteiger partial charge in [-0.15, -0.1) is 0 Å². The van der Waals surface area contributed by atoms with E-state index in [1.54, 1.807) is 0 Å². The number of azide groups is 1.